The van der Waals surface area contributed by atoms with Gasteiger partial charge in [-0.2, -0.15) is 0 Å². The van der Waals surface area contributed by atoms with Crippen LogP contribution in [0, 0.1) is 5.92 Å². The van der Waals surface area contributed by atoms with Crippen LogP contribution in [0.15, 0.2) is 0 Å². The molecule has 1 fully saturated rings. The van der Waals surface area contributed by atoms with Crippen molar-refractivity contribution in [2.45, 2.75) is 12.5 Å². The first-order valence-corrected chi connectivity index (χ1v) is 6.69. The number of β-amino-alcohol motifs (C(OH)–C–C–N with tert-alkyl or cyclic N) is 1. The normalized spacial score (nSPS) is 23.8. The minimum atomic E-state index is -3.55. The fraction of sp³-hybridized carbons (Fsp3) is 0.875. The van der Waals surface area contributed by atoms with Crippen molar-refractivity contribution in [1.82, 2.24) is 4.90 Å². The molecule has 0 bridgehead atoms. The fourth-order valence-electron chi connectivity index (χ4n) is 1.80. The largest absolute Gasteiger partial charge is 0.390 e. The maximum atomic E-state index is 11.5. The van der Waals surface area contributed by atoms with Crippen LogP contribution in [-0.2, 0) is 14.8 Å². The number of carbonyl (C=O) groups is 1. The van der Waals surface area contributed by atoms with Crippen molar-refractivity contribution >= 4 is 15.9 Å². The molecular weight excluding hydrogens is 234 g/mol. The molecule has 5 N–H and O–H groups in total. The van der Waals surface area contributed by atoms with Gasteiger partial charge in [0.15, 0.2) is 0 Å². The molecule has 1 heterocycles. The number of sulfonamides is 1. The van der Waals surface area contributed by atoms with Crippen molar-refractivity contribution in [2.75, 3.05) is 25.4 Å². The molecule has 0 radical (unpaired) electrons. The lowest BCUT2D eigenvalue weighted by Gasteiger charge is -2.19. The highest BCUT2D eigenvalue weighted by atomic mass is 32.2. The topological polar surface area (TPSA) is 127 Å². The molecule has 0 aromatic heterocycles. The molecular formula is C8H17N3O4S. The quantitative estimate of drug-likeness (QED) is 0.495. The van der Waals surface area contributed by atoms with Gasteiger partial charge in [0.2, 0.25) is 15.9 Å². The fourth-order valence-corrected chi connectivity index (χ4v) is 2.68. The van der Waals surface area contributed by atoms with Gasteiger partial charge in [-0.1, -0.05) is 0 Å². The monoisotopic (exact) mass is 251 g/mol. The average molecular weight is 251 g/mol. The van der Waals surface area contributed by atoms with E-state index in [4.69, 9.17) is 10.9 Å². The minimum Gasteiger partial charge on any atom is -0.390 e. The summed E-state index contributed by atoms with van der Waals surface area (Å²) in [6.07, 6.45) is -0.606. The van der Waals surface area contributed by atoms with Gasteiger partial charge < -0.3 is 15.7 Å². The Labute approximate surface area is 94.4 Å². The van der Waals surface area contributed by atoms with Crippen LogP contribution >= 0.6 is 0 Å². The van der Waals surface area contributed by atoms with Crippen LogP contribution < -0.4 is 10.9 Å². The summed E-state index contributed by atoms with van der Waals surface area (Å²) in [5.74, 6) is -0.651. The molecule has 1 rings (SSSR count). The number of hydrogen-bond acceptors (Lipinski definition) is 5. The summed E-state index contributed by atoms with van der Waals surface area (Å²) in [5.41, 5.74) is 5.23. The summed E-state index contributed by atoms with van der Waals surface area (Å²) in [7, 11) is -3.55. The van der Waals surface area contributed by atoms with Gasteiger partial charge in [-0.3, -0.25) is 4.79 Å². The number of nitrogens with two attached hydrogens (primary N) is 2. The van der Waals surface area contributed by atoms with E-state index in [2.05, 4.69) is 0 Å². The van der Waals surface area contributed by atoms with Gasteiger partial charge in [-0.05, 0) is 0 Å². The van der Waals surface area contributed by atoms with Crippen LogP contribution in [0.4, 0.5) is 0 Å². The summed E-state index contributed by atoms with van der Waals surface area (Å²) in [4.78, 5) is 12.9. The highest BCUT2D eigenvalue weighted by molar-refractivity contribution is 7.89. The molecule has 94 valence electrons. The van der Waals surface area contributed by atoms with Crippen LogP contribution in [0.1, 0.15) is 6.42 Å². The van der Waals surface area contributed by atoms with Crippen molar-refractivity contribution in [3.8, 4) is 0 Å². The molecule has 0 aliphatic carbocycles. The smallest absolute Gasteiger partial charge is 0.223 e. The van der Waals surface area contributed by atoms with Crippen LogP contribution in [0.3, 0.4) is 0 Å². The summed E-state index contributed by atoms with van der Waals surface area (Å²) in [6, 6.07) is 0. The maximum Gasteiger partial charge on any atom is 0.223 e. The van der Waals surface area contributed by atoms with Gasteiger partial charge in [-0.15, -0.1) is 0 Å². The Morgan fingerprint density at radius 3 is 2.69 bits per heavy atom. The molecule has 2 unspecified atom stereocenters. The Morgan fingerprint density at radius 2 is 2.19 bits per heavy atom. The lowest BCUT2D eigenvalue weighted by atomic mass is 10.1. The van der Waals surface area contributed by atoms with E-state index in [1.54, 1.807) is 0 Å². The molecule has 1 amide bonds. The third-order valence-corrected chi connectivity index (χ3v) is 3.40. The Hall–Kier alpha value is -0.700. The molecule has 0 aromatic rings. The van der Waals surface area contributed by atoms with E-state index in [9.17, 15) is 18.3 Å². The average Bonchev–Trinajstić information content (AvgIpc) is 2.43. The van der Waals surface area contributed by atoms with Crippen LogP contribution in [0.5, 0.6) is 0 Å². The minimum absolute atomic E-state index is 0.0730. The van der Waals surface area contributed by atoms with Crippen LogP contribution in [0.25, 0.3) is 0 Å². The van der Waals surface area contributed by atoms with E-state index in [-0.39, 0.29) is 37.1 Å². The zero-order chi connectivity index (χ0) is 12.3. The van der Waals surface area contributed by atoms with Gasteiger partial charge in [0, 0.05) is 32.0 Å². The first-order chi connectivity index (χ1) is 7.31. The number of primary sulfonamides is 1. The van der Waals surface area contributed by atoms with Crippen LogP contribution in [-0.4, -0.2) is 55.8 Å². The lowest BCUT2D eigenvalue weighted by molar-refractivity contribution is -0.128. The molecule has 0 aromatic carbocycles. The van der Waals surface area contributed by atoms with Crippen molar-refractivity contribution in [1.29, 1.82) is 0 Å². The Morgan fingerprint density at radius 1 is 1.56 bits per heavy atom. The second kappa shape index (κ2) is 5.09. The van der Waals surface area contributed by atoms with Gasteiger partial charge in [0.1, 0.15) is 0 Å². The highest BCUT2D eigenvalue weighted by Crippen LogP contribution is 2.18. The summed E-state index contributed by atoms with van der Waals surface area (Å²) in [6.45, 7) is 0.534. The second-order valence-electron chi connectivity index (χ2n) is 4.09. The number of amides is 1. The van der Waals surface area contributed by atoms with Gasteiger partial charge in [-0.25, -0.2) is 13.6 Å². The number of hydrogen-bond donors (Lipinski definition) is 3. The van der Waals surface area contributed by atoms with E-state index < -0.39 is 16.1 Å². The van der Waals surface area contributed by atoms with Crippen molar-refractivity contribution in [3.05, 3.63) is 0 Å². The predicted molar refractivity (Wildman–Crippen MR) is 57.7 cm³/mol. The Kier molecular flexibility index (Phi) is 4.25. The lowest BCUT2D eigenvalue weighted by Crippen LogP contribution is -2.37. The number of aliphatic hydroxyl groups excluding tert-OH is 1. The van der Waals surface area contributed by atoms with Gasteiger partial charge >= 0.3 is 0 Å². The van der Waals surface area contributed by atoms with Crippen LogP contribution in [0.2, 0.25) is 0 Å². The van der Waals surface area contributed by atoms with E-state index in [0.29, 0.717) is 6.54 Å². The first kappa shape index (κ1) is 13.4. The molecule has 2 atom stereocenters. The van der Waals surface area contributed by atoms with Crippen molar-refractivity contribution in [3.63, 3.8) is 0 Å². The summed E-state index contributed by atoms with van der Waals surface area (Å²) >= 11 is 0. The molecule has 0 saturated carbocycles. The SMILES string of the molecule is NCC(O)CN1CC(CS(N)(=O)=O)CC1=O. The number of likely N-dealkylation sites (tertiary alicyclic amines) is 1. The summed E-state index contributed by atoms with van der Waals surface area (Å²) in [5, 5.41) is 14.2. The van der Waals surface area contributed by atoms with Gasteiger partial charge in [0.25, 0.3) is 0 Å². The highest BCUT2D eigenvalue weighted by Gasteiger charge is 2.32. The predicted octanol–water partition coefficient (Wildman–Crippen LogP) is -2.56. The Bertz CT molecular complexity index is 356. The van der Waals surface area contributed by atoms with E-state index >= 15 is 0 Å². The number of aliphatic hydroxyl groups is 1. The zero-order valence-corrected chi connectivity index (χ0v) is 9.69. The zero-order valence-electron chi connectivity index (χ0n) is 8.87. The summed E-state index contributed by atoms with van der Waals surface area (Å²) < 4.78 is 21.7. The third-order valence-electron chi connectivity index (χ3n) is 2.47. The standard InChI is InChI=1S/C8H17N3O4S/c9-2-7(12)4-11-3-6(1-8(11)13)5-16(10,14)15/h6-7,12H,1-5,9H2,(H2,10,14,15). The molecule has 7 nitrogen and oxygen atoms in total. The van der Waals surface area contributed by atoms with E-state index in [0.717, 1.165) is 0 Å². The molecule has 16 heavy (non-hydrogen) atoms. The van der Waals surface area contributed by atoms with E-state index in [1.807, 2.05) is 0 Å². The van der Waals surface area contributed by atoms with Gasteiger partial charge in [0.05, 0.1) is 11.9 Å². The van der Waals surface area contributed by atoms with Crippen molar-refractivity contribution < 1.29 is 18.3 Å². The third kappa shape index (κ3) is 4.05. The first-order valence-electron chi connectivity index (χ1n) is 4.98. The number of carbonyl (C=O) groups excluding carboxylic acids is 1. The maximum absolute atomic E-state index is 11.5. The molecule has 1 saturated heterocycles. The van der Waals surface area contributed by atoms with E-state index in [1.165, 1.54) is 4.90 Å². The second-order valence-corrected chi connectivity index (χ2v) is 5.75. The molecule has 0 spiro atoms. The number of nitrogens with zero attached hydrogens (tertiary/aromatic N) is 1. The number of rotatable bonds is 5. The molecule has 1 aliphatic rings. The Balaban J connectivity index is 2.51. The van der Waals surface area contributed by atoms with Crippen molar-refractivity contribution in [2.24, 2.45) is 16.8 Å². The molecule has 1 aliphatic heterocycles. The molecule has 8 heteroatoms.